The second-order valence-electron chi connectivity index (χ2n) is 5.84. The van der Waals surface area contributed by atoms with E-state index in [9.17, 15) is 4.79 Å². The van der Waals surface area contributed by atoms with E-state index in [4.69, 9.17) is 0 Å². The van der Waals surface area contributed by atoms with Gasteiger partial charge in [0.05, 0.1) is 28.6 Å². The summed E-state index contributed by atoms with van der Waals surface area (Å²) in [5, 5.41) is 7.12. The number of carbonyl (C=O) groups is 1. The van der Waals surface area contributed by atoms with Crippen LogP contribution in [0.15, 0.2) is 42.9 Å². The van der Waals surface area contributed by atoms with Gasteiger partial charge < -0.3 is 5.32 Å². The van der Waals surface area contributed by atoms with Gasteiger partial charge in [-0.25, -0.2) is 19.5 Å². The molecule has 0 saturated heterocycles. The molecule has 7 heteroatoms. The van der Waals surface area contributed by atoms with Crippen molar-refractivity contribution in [2.75, 3.05) is 0 Å². The fourth-order valence-electron chi connectivity index (χ4n) is 2.65. The molecule has 0 atom stereocenters. The molecule has 1 N–H and O–H groups in total. The Bertz CT molecular complexity index is 1100. The van der Waals surface area contributed by atoms with Gasteiger partial charge in [-0.15, -0.1) is 0 Å². The first-order chi connectivity index (χ1) is 12.1. The van der Waals surface area contributed by atoms with Gasteiger partial charge in [0.15, 0.2) is 5.65 Å². The average molecular weight is 332 g/mol. The van der Waals surface area contributed by atoms with Gasteiger partial charge >= 0.3 is 0 Å². The Morgan fingerprint density at radius 3 is 2.80 bits per heavy atom. The van der Waals surface area contributed by atoms with Crippen molar-refractivity contribution in [1.29, 1.82) is 0 Å². The summed E-state index contributed by atoms with van der Waals surface area (Å²) in [5.41, 5.74) is 5.40. The van der Waals surface area contributed by atoms with E-state index in [0.29, 0.717) is 17.6 Å². The Morgan fingerprint density at radius 1 is 1.16 bits per heavy atom. The first-order valence-corrected chi connectivity index (χ1v) is 7.92. The number of hydrogen-bond acceptors (Lipinski definition) is 5. The Kier molecular flexibility index (Phi) is 3.61. The second kappa shape index (κ2) is 5.94. The molecule has 0 spiro atoms. The summed E-state index contributed by atoms with van der Waals surface area (Å²) < 4.78 is 1.68. The van der Waals surface area contributed by atoms with Gasteiger partial charge in [-0.1, -0.05) is 0 Å². The Balaban J connectivity index is 1.56. The molecule has 4 rings (SSSR count). The third-order valence-corrected chi connectivity index (χ3v) is 4.13. The molecule has 0 aliphatic rings. The van der Waals surface area contributed by atoms with Crippen LogP contribution >= 0.6 is 0 Å². The number of carbonyl (C=O) groups excluding carboxylic acids is 1. The molecule has 3 heterocycles. The molecule has 0 saturated carbocycles. The number of amides is 1. The lowest BCUT2D eigenvalue weighted by Gasteiger charge is -2.06. The van der Waals surface area contributed by atoms with Crippen LogP contribution in [0.2, 0.25) is 0 Å². The number of benzene rings is 1. The number of aryl methyl sites for hydroxylation is 2. The summed E-state index contributed by atoms with van der Waals surface area (Å²) in [6.45, 7) is 4.19. The lowest BCUT2D eigenvalue weighted by atomic mass is 10.1. The van der Waals surface area contributed by atoms with E-state index in [2.05, 4.69) is 25.4 Å². The highest BCUT2D eigenvalue weighted by Gasteiger charge is 2.11. The summed E-state index contributed by atoms with van der Waals surface area (Å²) in [6.07, 6.45) is 5.23. The van der Waals surface area contributed by atoms with Gasteiger partial charge in [-0.05, 0) is 38.1 Å². The van der Waals surface area contributed by atoms with Crippen molar-refractivity contribution in [3.63, 3.8) is 0 Å². The summed E-state index contributed by atoms with van der Waals surface area (Å²) in [7, 11) is 0. The molecule has 0 fully saturated rings. The fraction of sp³-hybridized carbons (Fsp3) is 0.167. The Morgan fingerprint density at radius 2 is 1.96 bits per heavy atom. The van der Waals surface area contributed by atoms with Crippen molar-refractivity contribution >= 4 is 22.6 Å². The number of nitrogens with one attached hydrogen (secondary N) is 1. The third-order valence-electron chi connectivity index (χ3n) is 4.13. The molecule has 7 nitrogen and oxygen atoms in total. The van der Waals surface area contributed by atoms with Crippen LogP contribution in [0.4, 0.5) is 0 Å². The zero-order valence-corrected chi connectivity index (χ0v) is 13.9. The van der Waals surface area contributed by atoms with Gasteiger partial charge in [-0.3, -0.25) is 4.79 Å². The van der Waals surface area contributed by atoms with Crippen molar-refractivity contribution in [2.24, 2.45) is 0 Å². The van der Waals surface area contributed by atoms with E-state index in [1.807, 2.05) is 32.2 Å². The Hall–Kier alpha value is -3.35. The van der Waals surface area contributed by atoms with Crippen molar-refractivity contribution in [1.82, 2.24) is 29.9 Å². The molecule has 0 bridgehead atoms. The SMILES string of the molecule is Cc1nc2ccc(C(=O)NCc3cnn4cccnc34)cc2nc1C. The maximum absolute atomic E-state index is 12.5. The normalized spacial score (nSPS) is 11.1. The monoisotopic (exact) mass is 332 g/mol. The predicted molar refractivity (Wildman–Crippen MR) is 93.2 cm³/mol. The van der Waals surface area contributed by atoms with Gasteiger partial charge in [0.25, 0.3) is 5.91 Å². The number of aromatic nitrogens is 5. The van der Waals surface area contributed by atoms with E-state index in [1.165, 1.54) is 0 Å². The van der Waals surface area contributed by atoms with Crippen LogP contribution < -0.4 is 5.32 Å². The summed E-state index contributed by atoms with van der Waals surface area (Å²) in [4.78, 5) is 25.7. The molecule has 4 aromatic rings. The molecule has 1 amide bonds. The zero-order chi connectivity index (χ0) is 17.4. The zero-order valence-electron chi connectivity index (χ0n) is 13.9. The average Bonchev–Trinajstić information content (AvgIpc) is 3.03. The van der Waals surface area contributed by atoms with E-state index in [-0.39, 0.29) is 5.91 Å². The number of nitrogens with zero attached hydrogens (tertiary/aromatic N) is 5. The van der Waals surface area contributed by atoms with Crippen molar-refractivity contribution in [3.8, 4) is 0 Å². The summed E-state index contributed by atoms with van der Waals surface area (Å²) >= 11 is 0. The van der Waals surface area contributed by atoms with Crippen molar-refractivity contribution in [2.45, 2.75) is 20.4 Å². The highest BCUT2D eigenvalue weighted by molar-refractivity contribution is 5.97. The van der Waals surface area contributed by atoms with Crippen LogP contribution in [-0.2, 0) is 6.54 Å². The summed E-state index contributed by atoms with van der Waals surface area (Å²) in [6, 6.07) is 7.15. The standard InChI is InChI=1S/C18H16N6O/c1-11-12(2)23-16-8-13(4-5-15(16)22-11)18(25)20-9-14-10-21-24-7-3-6-19-17(14)24/h3-8,10H,9H2,1-2H3,(H,20,25). The maximum atomic E-state index is 12.5. The van der Waals surface area contributed by atoms with Crippen LogP contribution in [0.5, 0.6) is 0 Å². The van der Waals surface area contributed by atoms with E-state index in [1.54, 1.807) is 29.0 Å². The first kappa shape index (κ1) is 15.2. The summed E-state index contributed by atoms with van der Waals surface area (Å²) in [5.74, 6) is -0.169. The molecule has 124 valence electrons. The van der Waals surface area contributed by atoms with Crippen LogP contribution in [0.3, 0.4) is 0 Å². The fourth-order valence-corrected chi connectivity index (χ4v) is 2.65. The molecule has 0 unspecified atom stereocenters. The van der Waals surface area contributed by atoms with Crippen LogP contribution in [0, 0.1) is 13.8 Å². The maximum Gasteiger partial charge on any atom is 0.251 e. The number of rotatable bonds is 3. The molecular formula is C18H16N6O. The number of fused-ring (bicyclic) bond motifs is 2. The molecule has 3 aromatic heterocycles. The minimum atomic E-state index is -0.169. The molecule has 0 aliphatic heterocycles. The second-order valence-corrected chi connectivity index (χ2v) is 5.84. The smallest absolute Gasteiger partial charge is 0.251 e. The van der Waals surface area contributed by atoms with Crippen LogP contribution in [0.1, 0.15) is 27.3 Å². The highest BCUT2D eigenvalue weighted by atomic mass is 16.1. The minimum Gasteiger partial charge on any atom is -0.348 e. The molecule has 25 heavy (non-hydrogen) atoms. The van der Waals surface area contributed by atoms with Gasteiger partial charge in [0, 0.05) is 30.1 Å². The predicted octanol–water partition coefficient (Wildman–Crippen LogP) is 2.22. The minimum absolute atomic E-state index is 0.169. The van der Waals surface area contributed by atoms with Crippen LogP contribution in [0.25, 0.3) is 16.7 Å². The third kappa shape index (κ3) is 2.80. The molecule has 0 radical (unpaired) electrons. The largest absolute Gasteiger partial charge is 0.348 e. The van der Waals surface area contributed by atoms with E-state index < -0.39 is 0 Å². The van der Waals surface area contributed by atoms with Gasteiger partial charge in [-0.2, -0.15) is 5.10 Å². The lowest BCUT2D eigenvalue weighted by molar-refractivity contribution is 0.0951. The molecule has 1 aromatic carbocycles. The quantitative estimate of drug-likeness (QED) is 0.622. The highest BCUT2D eigenvalue weighted by Crippen LogP contribution is 2.15. The molecular weight excluding hydrogens is 316 g/mol. The van der Waals surface area contributed by atoms with Crippen LogP contribution in [-0.4, -0.2) is 30.5 Å². The topological polar surface area (TPSA) is 85.1 Å². The number of hydrogen-bond donors (Lipinski definition) is 1. The van der Waals surface area contributed by atoms with E-state index >= 15 is 0 Å². The first-order valence-electron chi connectivity index (χ1n) is 7.92. The Labute approximate surface area is 143 Å². The van der Waals surface area contributed by atoms with Gasteiger partial charge in [0.2, 0.25) is 0 Å². The van der Waals surface area contributed by atoms with E-state index in [0.717, 1.165) is 28.1 Å². The van der Waals surface area contributed by atoms with Gasteiger partial charge in [0.1, 0.15) is 0 Å². The van der Waals surface area contributed by atoms with Crippen molar-refractivity contribution in [3.05, 3.63) is 65.4 Å². The lowest BCUT2D eigenvalue weighted by Crippen LogP contribution is -2.22. The molecule has 0 aliphatic carbocycles. The van der Waals surface area contributed by atoms with Crippen molar-refractivity contribution < 1.29 is 4.79 Å².